The van der Waals surface area contributed by atoms with Crippen LogP contribution >= 0.6 is 11.3 Å². The Morgan fingerprint density at radius 1 is 1.17 bits per heavy atom. The highest BCUT2D eigenvalue weighted by molar-refractivity contribution is 7.07. The molecule has 1 atom stereocenters. The molecule has 9 nitrogen and oxygen atoms in total. The van der Waals surface area contributed by atoms with E-state index in [-0.39, 0.29) is 18.6 Å². The molecule has 0 saturated carbocycles. The first kappa shape index (κ1) is 24.4. The number of anilines is 2. The second-order valence-electron chi connectivity index (χ2n) is 8.07. The smallest absolute Gasteiger partial charge is 0.248 e. The summed E-state index contributed by atoms with van der Waals surface area (Å²) < 4.78 is 12.0. The number of likely N-dealkylation sites (N-methyl/N-ethyl adjacent to an activating group) is 1. The molecular weight excluding hydrogens is 466 g/mol. The third kappa shape index (κ3) is 5.84. The van der Waals surface area contributed by atoms with Gasteiger partial charge in [-0.1, -0.05) is 6.07 Å². The van der Waals surface area contributed by atoms with E-state index in [9.17, 15) is 4.79 Å². The number of aliphatic hydroxyl groups excluding tert-OH is 1. The molecule has 1 amide bonds. The number of aryl methyl sites for hydroxylation is 1. The molecule has 10 heteroatoms. The molecule has 0 bridgehead atoms. The molecule has 2 aromatic heterocycles. The van der Waals surface area contributed by atoms with Crippen LogP contribution in [0.4, 0.5) is 11.5 Å². The molecule has 2 aromatic carbocycles. The van der Waals surface area contributed by atoms with E-state index in [0.29, 0.717) is 18.2 Å². The minimum absolute atomic E-state index is 0.231. The van der Waals surface area contributed by atoms with Crippen LogP contribution in [0.3, 0.4) is 0 Å². The van der Waals surface area contributed by atoms with Crippen LogP contribution in [0.15, 0.2) is 53.6 Å². The van der Waals surface area contributed by atoms with E-state index in [4.69, 9.17) is 14.6 Å². The standard InChI is InChI=1S/C25H27N5O4S/c1-16-9-18(7-8-21(16)34-12-19-13-35-15-28-19)29-25-24-20(26-14-27-25)5-4-6-22(24)33-11-17(2)30(3)23(32)10-31/h4-9,13-15,17,31H,10-12H2,1-3H3,(H,26,27,29). The summed E-state index contributed by atoms with van der Waals surface area (Å²) in [5.74, 6) is 1.63. The van der Waals surface area contributed by atoms with Gasteiger partial charge in [-0.25, -0.2) is 15.0 Å². The van der Waals surface area contributed by atoms with Crippen LogP contribution in [0.1, 0.15) is 18.2 Å². The van der Waals surface area contributed by atoms with Gasteiger partial charge in [-0.2, -0.15) is 0 Å². The van der Waals surface area contributed by atoms with E-state index in [1.54, 1.807) is 23.9 Å². The van der Waals surface area contributed by atoms with E-state index >= 15 is 0 Å². The summed E-state index contributed by atoms with van der Waals surface area (Å²) in [6.45, 7) is 3.98. The molecule has 0 aliphatic heterocycles. The molecule has 0 fully saturated rings. The second kappa shape index (κ2) is 11.1. The molecule has 2 N–H and O–H groups in total. The van der Waals surface area contributed by atoms with Gasteiger partial charge in [0.15, 0.2) is 0 Å². The van der Waals surface area contributed by atoms with Crippen LogP contribution < -0.4 is 14.8 Å². The lowest BCUT2D eigenvalue weighted by molar-refractivity contribution is -0.135. The number of aromatic nitrogens is 3. The minimum Gasteiger partial charge on any atom is -0.491 e. The summed E-state index contributed by atoms with van der Waals surface area (Å²) in [5.41, 5.74) is 5.24. The fraction of sp³-hybridized carbons (Fsp3) is 0.280. The molecule has 0 spiro atoms. The number of ether oxygens (including phenoxy) is 2. The molecule has 0 saturated heterocycles. The average molecular weight is 494 g/mol. The van der Waals surface area contributed by atoms with Crippen LogP contribution in [0.5, 0.6) is 11.5 Å². The predicted molar refractivity (Wildman–Crippen MR) is 135 cm³/mol. The Kier molecular flexibility index (Phi) is 7.74. The Morgan fingerprint density at radius 3 is 2.77 bits per heavy atom. The predicted octanol–water partition coefficient (Wildman–Crippen LogP) is 3.94. The van der Waals surface area contributed by atoms with Gasteiger partial charge in [0.25, 0.3) is 0 Å². The third-order valence-electron chi connectivity index (χ3n) is 5.59. The number of benzene rings is 2. The molecule has 4 aromatic rings. The van der Waals surface area contributed by atoms with E-state index in [2.05, 4.69) is 20.3 Å². The normalized spacial score (nSPS) is 11.8. The summed E-state index contributed by atoms with van der Waals surface area (Å²) in [5, 5.41) is 15.2. The van der Waals surface area contributed by atoms with Crippen molar-refractivity contribution in [1.29, 1.82) is 0 Å². The summed E-state index contributed by atoms with van der Waals surface area (Å²) in [4.78, 5) is 26.3. The fourth-order valence-electron chi connectivity index (χ4n) is 3.46. The monoisotopic (exact) mass is 493 g/mol. The molecule has 0 aliphatic carbocycles. The fourth-order valence-corrected chi connectivity index (χ4v) is 4.00. The van der Waals surface area contributed by atoms with Crippen molar-refractivity contribution in [1.82, 2.24) is 19.9 Å². The van der Waals surface area contributed by atoms with Gasteiger partial charge >= 0.3 is 0 Å². The van der Waals surface area contributed by atoms with E-state index in [0.717, 1.165) is 33.6 Å². The topological polar surface area (TPSA) is 110 Å². The van der Waals surface area contributed by atoms with E-state index in [1.807, 2.05) is 55.6 Å². The number of nitrogens with zero attached hydrogens (tertiary/aromatic N) is 4. The molecule has 1 unspecified atom stereocenters. The maximum Gasteiger partial charge on any atom is 0.248 e. The second-order valence-corrected chi connectivity index (χ2v) is 8.79. The molecule has 182 valence electrons. The number of hydrogen-bond acceptors (Lipinski definition) is 9. The number of hydrogen-bond donors (Lipinski definition) is 2. The highest BCUT2D eigenvalue weighted by Crippen LogP contribution is 2.33. The van der Waals surface area contributed by atoms with Crippen molar-refractivity contribution in [3.05, 3.63) is 64.9 Å². The molecule has 2 heterocycles. The maximum absolute atomic E-state index is 11.8. The van der Waals surface area contributed by atoms with Gasteiger partial charge in [0.2, 0.25) is 5.91 Å². The number of amides is 1. The first-order valence-electron chi connectivity index (χ1n) is 11.1. The molecule has 35 heavy (non-hydrogen) atoms. The molecule has 0 radical (unpaired) electrons. The van der Waals surface area contributed by atoms with Crippen LogP contribution in [-0.2, 0) is 11.4 Å². The Bertz CT molecular complexity index is 1290. The zero-order valence-electron chi connectivity index (χ0n) is 19.8. The number of aliphatic hydroxyl groups is 1. The van der Waals surface area contributed by atoms with Crippen LogP contribution in [-0.4, -0.2) is 57.2 Å². The van der Waals surface area contributed by atoms with Crippen molar-refractivity contribution in [2.24, 2.45) is 0 Å². The Balaban J connectivity index is 1.52. The largest absolute Gasteiger partial charge is 0.491 e. The summed E-state index contributed by atoms with van der Waals surface area (Å²) >= 11 is 1.54. The van der Waals surface area contributed by atoms with Crippen LogP contribution in [0.2, 0.25) is 0 Å². The van der Waals surface area contributed by atoms with Crippen molar-refractivity contribution in [2.45, 2.75) is 26.5 Å². The van der Waals surface area contributed by atoms with Crippen LogP contribution in [0.25, 0.3) is 10.9 Å². The number of carbonyl (C=O) groups is 1. The maximum atomic E-state index is 11.8. The summed E-state index contributed by atoms with van der Waals surface area (Å²) in [6, 6.07) is 11.2. The lowest BCUT2D eigenvalue weighted by Gasteiger charge is -2.24. The molecule has 4 rings (SSSR count). The number of carbonyl (C=O) groups excluding carboxylic acids is 1. The highest BCUT2D eigenvalue weighted by Gasteiger charge is 2.17. The SMILES string of the molecule is Cc1cc(Nc2ncnc3cccc(OCC(C)N(C)C(=O)CO)c23)ccc1OCc1cscn1. The number of rotatable bonds is 10. The van der Waals surface area contributed by atoms with Crippen LogP contribution in [0, 0.1) is 6.92 Å². The number of thiazole rings is 1. The zero-order valence-corrected chi connectivity index (χ0v) is 20.6. The van der Waals surface area contributed by atoms with Gasteiger partial charge in [0, 0.05) is 18.1 Å². The Labute approximate surface area is 207 Å². The van der Waals surface area contributed by atoms with Gasteiger partial charge in [-0.15, -0.1) is 11.3 Å². The van der Waals surface area contributed by atoms with Gasteiger partial charge in [-0.3, -0.25) is 4.79 Å². The van der Waals surface area contributed by atoms with Gasteiger partial charge in [0.1, 0.15) is 43.5 Å². The van der Waals surface area contributed by atoms with Gasteiger partial charge in [0.05, 0.1) is 28.1 Å². The summed E-state index contributed by atoms with van der Waals surface area (Å²) in [6.07, 6.45) is 1.50. The lowest BCUT2D eigenvalue weighted by atomic mass is 10.1. The van der Waals surface area contributed by atoms with E-state index in [1.165, 1.54) is 11.2 Å². The minimum atomic E-state index is -0.537. The Hall–Kier alpha value is -3.76. The van der Waals surface area contributed by atoms with Gasteiger partial charge < -0.3 is 24.8 Å². The first-order chi connectivity index (χ1) is 17.0. The lowest BCUT2D eigenvalue weighted by Crippen LogP contribution is -2.40. The van der Waals surface area contributed by atoms with Crippen molar-refractivity contribution in [2.75, 3.05) is 25.6 Å². The molecule has 0 aliphatic rings. The third-order valence-corrected chi connectivity index (χ3v) is 6.23. The van der Waals surface area contributed by atoms with Crippen molar-refractivity contribution >= 4 is 39.7 Å². The van der Waals surface area contributed by atoms with E-state index < -0.39 is 6.61 Å². The highest BCUT2D eigenvalue weighted by atomic mass is 32.1. The summed E-state index contributed by atoms with van der Waals surface area (Å²) in [7, 11) is 1.64. The first-order valence-corrected chi connectivity index (χ1v) is 12.0. The molecular formula is C25H27N5O4S. The number of fused-ring (bicyclic) bond motifs is 1. The van der Waals surface area contributed by atoms with Crippen molar-refractivity contribution in [3.63, 3.8) is 0 Å². The zero-order chi connectivity index (χ0) is 24.8. The van der Waals surface area contributed by atoms with Gasteiger partial charge in [-0.05, 0) is 49.7 Å². The number of nitrogens with one attached hydrogen (secondary N) is 1. The Morgan fingerprint density at radius 2 is 2.03 bits per heavy atom. The average Bonchev–Trinajstić information content (AvgIpc) is 3.39. The van der Waals surface area contributed by atoms with Crippen molar-refractivity contribution in [3.8, 4) is 11.5 Å². The quantitative estimate of drug-likeness (QED) is 0.342. The van der Waals surface area contributed by atoms with Crippen molar-refractivity contribution < 1.29 is 19.4 Å².